The van der Waals surface area contributed by atoms with Crippen molar-refractivity contribution in [3.8, 4) is 0 Å². The zero-order valence-electron chi connectivity index (χ0n) is 9.42. The molecule has 0 aromatic carbocycles. The van der Waals surface area contributed by atoms with E-state index in [1.54, 1.807) is 12.3 Å². The Labute approximate surface area is 107 Å². The van der Waals surface area contributed by atoms with Crippen molar-refractivity contribution in [2.45, 2.75) is 26.3 Å². The molecule has 1 aliphatic rings. The van der Waals surface area contributed by atoms with Gasteiger partial charge in [0.1, 0.15) is 5.15 Å². The molecule has 0 N–H and O–H groups in total. The summed E-state index contributed by atoms with van der Waals surface area (Å²) in [7, 11) is 0. The lowest BCUT2D eigenvalue weighted by Crippen LogP contribution is -2.25. The highest BCUT2D eigenvalue weighted by Gasteiger charge is 2.23. The summed E-state index contributed by atoms with van der Waals surface area (Å²) in [5.74, 6) is 0.902. The average molecular weight is 259 g/mol. The highest BCUT2D eigenvalue weighted by atomic mass is 35.5. The van der Waals surface area contributed by atoms with Gasteiger partial charge in [-0.25, -0.2) is 4.98 Å². The van der Waals surface area contributed by atoms with E-state index in [1.165, 1.54) is 19.4 Å². The molecule has 1 fully saturated rings. The van der Waals surface area contributed by atoms with Gasteiger partial charge in [0.25, 0.3) is 0 Å². The smallest absolute Gasteiger partial charge is 0.130 e. The van der Waals surface area contributed by atoms with Gasteiger partial charge in [0.05, 0.1) is 0 Å². The molecule has 4 heteroatoms. The Morgan fingerprint density at radius 3 is 2.75 bits per heavy atom. The number of pyridine rings is 1. The summed E-state index contributed by atoms with van der Waals surface area (Å²) in [6, 6.07) is 1.71. The molecule has 1 aromatic heterocycles. The molecule has 1 heterocycles. The van der Waals surface area contributed by atoms with E-state index in [2.05, 4.69) is 16.8 Å². The molecule has 1 saturated carbocycles. The number of rotatable bonds is 5. The first-order chi connectivity index (χ1) is 7.69. The lowest BCUT2D eigenvalue weighted by Gasteiger charge is -2.20. The van der Waals surface area contributed by atoms with Crippen molar-refractivity contribution in [1.29, 1.82) is 0 Å². The van der Waals surface area contributed by atoms with E-state index in [0.29, 0.717) is 10.2 Å². The van der Waals surface area contributed by atoms with Crippen LogP contribution in [0.1, 0.15) is 25.3 Å². The standard InChI is InChI=1S/C12H16Cl2N2/c1-2-16(7-9-3-4-9)8-10-6-15-12(14)5-11(10)13/h5-6,9H,2-4,7-8H2,1H3. The Kier molecular flexibility index (Phi) is 4.06. The third kappa shape index (κ3) is 3.34. The summed E-state index contributed by atoms with van der Waals surface area (Å²) in [4.78, 5) is 6.49. The van der Waals surface area contributed by atoms with Crippen molar-refractivity contribution in [3.05, 3.63) is 28.0 Å². The van der Waals surface area contributed by atoms with Crippen LogP contribution in [0.3, 0.4) is 0 Å². The van der Waals surface area contributed by atoms with Crippen LogP contribution in [-0.4, -0.2) is 23.0 Å². The fourth-order valence-corrected chi connectivity index (χ4v) is 2.19. The molecule has 1 aromatic rings. The van der Waals surface area contributed by atoms with Gasteiger partial charge in [-0.3, -0.25) is 4.90 Å². The Morgan fingerprint density at radius 1 is 1.44 bits per heavy atom. The van der Waals surface area contributed by atoms with E-state index in [-0.39, 0.29) is 0 Å². The van der Waals surface area contributed by atoms with Crippen molar-refractivity contribution >= 4 is 23.2 Å². The largest absolute Gasteiger partial charge is 0.299 e. The van der Waals surface area contributed by atoms with Crippen LogP contribution in [0.2, 0.25) is 10.2 Å². The highest BCUT2D eigenvalue weighted by Crippen LogP contribution is 2.30. The minimum absolute atomic E-state index is 0.457. The maximum absolute atomic E-state index is 6.13. The van der Waals surface area contributed by atoms with Crippen LogP contribution in [0.4, 0.5) is 0 Å². The first-order valence-electron chi connectivity index (χ1n) is 5.71. The summed E-state index contributed by atoms with van der Waals surface area (Å²) >= 11 is 11.9. The second kappa shape index (κ2) is 5.35. The number of nitrogens with zero attached hydrogens (tertiary/aromatic N) is 2. The average Bonchev–Trinajstić information content (AvgIpc) is 3.04. The van der Waals surface area contributed by atoms with E-state index in [4.69, 9.17) is 23.2 Å². The van der Waals surface area contributed by atoms with E-state index in [0.717, 1.165) is 24.6 Å². The first-order valence-corrected chi connectivity index (χ1v) is 6.47. The van der Waals surface area contributed by atoms with Gasteiger partial charge in [-0.2, -0.15) is 0 Å². The van der Waals surface area contributed by atoms with Gasteiger partial charge in [0.2, 0.25) is 0 Å². The van der Waals surface area contributed by atoms with Crippen molar-refractivity contribution in [2.75, 3.05) is 13.1 Å². The molecule has 0 spiro atoms. The second-order valence-electron chi connectivity index (χ2n) is 4.37. The zero-order chi connectivity index (χ0) is 11.5. The first kappa shape index (κ1) is 12.2. The SMILES string of the molecule is CCN(Cc1cnc(Cl)cc1Cl)CC1CC1. The predicted octanol–water partition coefficient (Wildman–Crippen LogP) is 3.62. The van der Waals surface area contributed by atoms with Crippen LogP contribution in [0.25, 0.3) is 0 Å². The van der Waals surface area contributed by atoms with E-state index in [9.17, 15) is 0 Å². The van der Waals surface area contributed by atoms with E-state index >= 15 is 0 Å². The molecule has 0 unspecified atom stereocenters. The molecule has 16 heavy (non-hydrogen) atoms. The van der Waals surface area contributed by atoms with Crippen LogP contribution in [0.15, 0.2) is 12.3 Å². The molecule has 88 valence electrons. The van der Waals surface area contributed by atoms with Gasteiger partial charge < -0.3 is 0 Å². The van der Waals surface area contributed by atoms with Crippen LogP contribution < -0.4 is 0 Å². The summed E-state index contributed by atoms with van der Waals surface area (Å²) in [5, 5.41) is 1.17. The predicted molar refractivity (Wildman–Crippen MR) is 67.9 cm³/mol. The minimum Gasteiger partial charge on any atom is -0.299 e. The quantitative estimate of drug-likeness (QED) is 0.751. The number of aromatic nitrogens is 1. The molecule has 1 aliphatic carbocycles. The van der Waals surface area contributed by atoms with Crippen LogP contribution in [0.5, 0.6) is 0 Å². The summed E-state index contributed by atoms with van der Waals surface area (Å²) in [5.41, 5.74) is 1.06. The highest BCUT2D eigenvalue weighted by molar-refractivity contribution is 6.34. The molecule has 0 amide bonds. The normalized spacial score (nSPS) is 15.8. The molecular formula is C12H16Cl2N2. The van der Waals surface area contributed by atoms with Crippen molar-refractivity contribution in [2.24, 2.45) is 5.92 Å². The molecule has 0 aliphatic heterocycles. The molecule has 2 nitrogen and oxygen atoms in total. The number of hydrogen-bond acceptors (Lipinski definition) is 2. The van der Waals surface area contributed by atoms with Gasteiger partial charge in [-0.15, -0.1) is 0 Å². The van der Waals surface area contributed by atoms with Crippen LogP contribution in [-0.2, 0) is 6.54 Å². The van der Waals surface area contributed by atoms with E-state index < -0.39 is 0 Å². The van der Waals surface area contributed by atoms with Gasteiger partial charge in [0.15, 0.2) is 0 Å². The minimum atomic E-state index is 0.457. The molecule has 0 atom stereocenters. The fraction of sp³-hybridized carbons (Fsp3) is 0.583. The maximum atomic E-state index is 6.13. The lowest BCUT2D eigenvalue weighted by molar-refractivity contribution is 0.268. The lowest BCUT2D eigenvalue weighted by atomic mass is 10.2. The van der Waals surface area contributed by atoms with Gasteiger partial charge in [0, 0.05) is 29.9 Å². The Bertz CT molecular complexity index is 364. The molecule has 0 radical (unpaired) electrons. The van der Waals surface area contributed by atoms with Gasteiger partial charge >= 0.3 is 0 Å². The molecule has 0 saturated heterocycles. The second-order valence-corrected chi connectivity index (χ2v) is 5.16. The summed E-state index contributed by atoms with van der Waals surface area (Å²) in [6.07, 6.45) is 4.53. The van der Waals surface area contributed by atoms with Crippen molar-refractivity contribution in [3.63, 3.8) is 0 Å². The Balaban J connectivity index is 1.99. The van der Waals surface area contributed by atoms with Gasteiger partial charge in [-0.05, 0) is 31.4 Å². The topological polar surface area (TPSA) is 16.1 Å². The number of hydrogen-bond donors (Lipinski definition) is 0. The fourth-order valence-electron chi connectivity index (χ4n) is 1.76. The van der Waals surface area contributed by atoms with Crippen LogP contribution >= 0.6 is 23.2 Å². The van der Waals surface area contributed by atoms with Crippen molar-refractivity contribution < 1.29 is 0 Å². The molecule has 0 bridgehead atoms. The third-order valence-corrected chi connectivity index (χ3v) is 3.51. The summed E-state index contributed by atoms with van der Waals surface area (Å²) < 4.78 is 0. The maximum Gasteiger partial charge on any atom is 0.130 e. The summed E-state index contributed by atoms with van der Waals surface area (Å²) in [6.45, 7) is 5.28. The third-order valence-electron chi connectivity index (χ3n) is 2.95. The molecule has 2 rings (SSSR count). The van der Waals surface area contributed by atoms with Crippen molar-refractivity contribution in [1.82, 2.24) is 9.88 Å². The van der Waals surface area contributed by atoms with E-state index in [1.807, 2.05) is 0 Å². The van der Waals surface area contributed by atoms with Gasteiger partial charge in [-0.1, -0.05) is 30.1 Å². The monoisotopic (exact) mass is 258 g/mol. The zero-order valence-corrected chi connectivity index (χ0v) is 10.9. The Morgan fingerprint density at radius 2 is 2.19 bits per heavy atom. The number of halogens is 2. The molecular weight excluding hydrogens is 243 g/mol. The Hall–Kier alpha value is -0.310. The van der Waals surface area contributed by atoms with Crippen LogP contribution in [0, 0.1) is 5.92 Å².